The number of thioether (sulfide) groups is 1. The molecule has 0 aliphatic carbocycles. The summed E-state index contributed by atoms with van der Waals surface area (Å²) in [5, 5.41) is 2.83. The number of carbonyl (C=O) groups is 2. The molecular formula is C27H25NO4S. The highest BCUT2D eigenvalue weighted by Gasteiger charge is 2.20. The molecule has 4 rings (SSSR count). The van der Waals surface area contributed by atoms with E-state index in [1.165, 1.54) is 0 Å². The molecule has 0 atom stereocenters. The van der Waals surface area contributed by atoms with Crippen LogP contribution in [0.25, 0.3) is 6.08 Å². The highest BCUT2D eigenvalue weighted by molar-refractivity contribution is 7.98. The number of esters is 1. The largest absolute Gasteiger partial charge is 0.490 e. The van der Waals surface area contributed by atoms with Crippen molar-refractivity contribution in [3.63, 3.8) is 0 Å². The van der Waals surface area contributed by atoms with Crippen molar-refractivity contribution in [3.8, 4) is 11.5 Å². The molecule has 0 bridgehead atoms. The van der Waals surface area contributed by atoms with Gasteiger partial charge in [-0.3, -0.25) is 4.79 Å². The zero-order valence-electron chi connectivity index (χ0n) is 18.4. The van der Waals surface area contributed by atoms with E-state index in [9.17, 15) is 9.59 Å². The van der Waals surface area contributed by atoms with E-state index in [0.29, 0.717) is 42.4 Å². The maximum Gasteiger partial charge on any atom is 0.343 e. The van der Waals surface area contributed by atoms with Gasteiger partial charge in [0.2, 0.25) is 5.91 Å². The zero-order chi connectivity index (χ0) is 23.0. The second-order valence-corrected chi connectivity index (χ2v) is 8.52. The Morgan fingerprint density at radius 1 is 1.06 bits per heavy atom. The smallest absolute Gasteiger partial charge is 0.343 e. The fraction of sp³-hybridized carbons (Fsp3) is 0.185. The molecule has 0 radical (unpaired) electrons. The van der Waals surface area contributed by atoms with Crippen molar-refractivity contribution in [3.05, 3.63) is 95.1 Å². The summed E-state index contributed by atoms with van der Waals surface area (Å²) in [4.78, 5) is 26.0. The summed E-state index contributed by atoms with van der Waals surface area (Å²) >= 11 is 1.64. The minimum absolute atomic E-state index is 0.0484. The van der Waals surface area contributed by atoms with Crippen LogP contribution in [0.4, 0.5) is 0 Å². The Morgan fingerprint density at radius 3 is 2.45 bits per heavy atom. The summed E-state index contributed by atoms with van der Waals surface area (Å²) < 4.78 is 11.8. The van der Waals surface area contributed by atoms with Crippen LogP contribution in [0.2, 0.25) is 0 Å². The average molecular weight is 460 g/mol. The van der Waals surface area contributed by atoms with Gasteiger partial charge >= 0.3 is 5.97 Å². The molecule has 33 heavy (non-hydrogen) atoms. The molecule has 1 heterocycles. The lowest BCUT2D eigenvalue weighted by Gasteiger charge is -2.16. The van der Waals surface area contributed by atoms with Crippen molar-refractivity contribution in [1.82, 2.24) is 5.32 Å². The number of carbonyl (C=O) groups excluding carboxylic acids is 2. The predicted octanol–water partition coefficient (Wildman–Crippen LogP) is 5.50. The lowest BCUT2D eigenvalue weighted by Crippen LogP contribution is -2.14. The summed E-state index contributed by atoms with van der Waals surface area (Å²) in [6.07, 6.45) is 2.56. The van der Waals surface area contributed by atoms with Gasteiger partial charge in [0.15, 0.2) is 11.5 Å². The van der Waals surface area contributed by atoms with Crippen molar-refractivity contribution in [2.45, 2.75) is 24.0 Å². The van der Waals surface area contributed by atoms with Crippen LogP contribution >= 0.6 is 11.8 Å². The monoisotopic (exact) mass is 459 g/mol. The fourth-order valence-corrected chi connectivity index (χ4v) is 4.42. The Bertz CT molecular complexity index is 1160. The number of ether oxygens (including phenoxy) is 2. The van der Waals surface area contributed by atoms with Gasteiger partial charge in [-0.2, -0.15) is 0 Å². The Balaban J connectivity index is 1.72. The lowest BCUT2D eigenvalue weighted by molar-refractivity contribution is -0.116. The van der Waals surface area contributed by atoms with Crippen LogP contribution in [0.1, 0.15) is 34.8 Å². The van der Waals surface area contributed by atoms with Crippen LogP contribution in [-0.2, 0) is 10.5 Å². The maximum atomic E-state index is 12.9. The maximum absolute atomic E-state index is 12.9. The molecule has 1 saturated heterocycles. The molecule has 1 N–H and O–H groups in total. The van der Waals surface area contributed by atoms with Crippen molar-refractivity contribution >= 4 is 29.7 Å². The van der Waals surface area contributed by atoms with Gasteiger partial charge in [0.1, 0.15) is 0 Å². The van der Waals surface area contributed by atoms with Crippen molar-refractivity contribution in [2.75, 3.05) is 13.2 Å². The highest BCUT2D eigenvalue weighted by Crippen LogP contribution is 2.38. The van der Waals surface area contributed by atoms with Gasteiger partial charge in [0.05, 0.1) is 12.2 Å². The molecule has 3 aromatic carbocycles. The first-order valence-electron chi connectivity index (χ1n) is 10.9. The van der Waals surface area contributed by atoms with Crippen molar-refractivity contribution in [2.24, 2.45) is 0 Å². The van der Waals surface area contributed by atoms with Gasteiger partial charge < -0.3 is 14.8 Å². The molecule has 1 aliphatic heterocycles. The summed E-state index contributed by atoms with van der Waals surface area (Å²) in [6.45, 7) is 2.95. The third kappa shape index (κ3) is 5.84. The Morgan fingerprint density at radius 2 is 1.79 bits per heavy atom. The SMILES string of the molecule is CCOc1cc(/C=C2\CCNC2=O)cc(CSc2ccccc2)c1OC(=O)c1ccccc1. The molecule has 1 amide bonds. The molecule has 168 valence electrons. The molecule has 1 fully saturated rings. The first kappa shape index (κ1) is 22.7. The number of rotatable bonds is 8. The van der Waals surface area contributed by atoms with E-state index in [2.05, 4.69) is 5.32 Å². The second kappa shape index (κ2) is 10.9. The Hall–Kier alpha value is -3.51. The van der Waals surface area contributed by atoms with Gasteiger partial charge in [-0.15, -0.1) is 11.8 Å². The number of hydrogen-bond acceptors (Lipinski definition) is 5. The van der Waals surface area contributed by atoms with Gasteiger partial charge in [0, 0.05) is 28.3 Å². The van der Waals surface area contributed by atoms with Crippen LogP contribution < -0.4 is 14.8 Å². The normalized spacial score (nSPS) is 14.2. The van der Waals surface area contributed by atoms with E-state index in [-0.39, 0.29) is 5.91 Å². The molecule has 5 nitrogen and oxygen atoms in total. The molecule has 3 aromatic rings. The molecule has 0 unspecified atom stereocenters. The minimum atomic E-state index is -0.441. The summed E-state index contributed by atoms with van der Waals surface area (Å²) in [7, 11) is 0. The van der Waals surface area contributed by atoms with E-state index < -0.39 is 5.97 Å². The summed E-state index contributed by atoms with van der Waals surface area (Å²) in [5.74, 6) is 0.979. The first-order chi connectivity index (χ1) is 16.1. The third-order valence-electron chi connectivity index (χ3n) is 5.11. The van der Waals surface area contributed by atoms with E-state index in [1.54, 1.807) is 36.0 Å². The number of hydrogen-bond donors (Lipinski definition) is 1. The minimum Gasteiger partial charge on any atom is -0.490 e. The van der Waals surface area contributed by atoms with E-state index in [4.69, 9.17) is 9.47 Å². The van der Waals surface area contributed by atoms with Gasteiger partial charge in [-0.1, -0.05) is 36.4 Å². The molecule has 0 aromatic heterocycles. The first-order valence-corrected chi connectivity index (χ1v) is 11.9. The lowest BCUT2D eigenvalue weighted by atomic mass is 10.1. The van der Waals surface area contributed by atoms with Gasteiger partial charge in [-0.05, 0) is 61.4 Å². The van der Waals surface area contributed by atoms with Crippen LogP contribution in [0, 0.1) is 0 Å². The predicted molar refractivity (Wildman–Crippen MR) is 131 cm³/mol. The Kier molecular flexibility index (Phi) is 7.47. The molecule has 6 heteroatoms. The van der Waals surface area contributed by atoms with Crippen LogP contribution in [-0.4, -0.2) is 25.0 Å². The van der Waals surface area contributed by atoms with Gasteiger partial charge in [-0.25, -0.2) is 4.79 Å². The third-order valence-corrected chi connectivity index (χ3v) is 6.17. The highest BCUT2D eigenvalue weighted by atomic mass is 32.2. The summed E-state index contributed by atoms with van der Waals surface area (Å²) in [6, 6.07) is 22.7. The van der Waals surface area contributed by atoms with Crippen LogP contribution in [0.5, 0.6) is 11.5 Å². The van der Waals surface area contributed by atoms with Crippen LogP contribution in [0.3, 0.4) is 0 Å². The quantitative estimate of drug-likeness (QED) is 0.209. The topological polar surface area (TPSA) is 64.6 Å². The molecule has 0 spiro atoms. The van der Waals surface area contributed by atoms with E-state index in [1.807, 2.05) is 61.5 Å². The van der Waals surface area contributed by atoms with E-state index in [0.717, 1.165) is 21.6 Å². The molecular weight excluding hydrogens is 434 g/mol. The molecule has 1 aliphatic rings. The number of amides is 1. The van der Waals surface area contributed by atoms with Crippen molar-refractivity contribution < 1.29 is 19.1 Å². The second-order valence-electron chi connectivity index (χ2n) is 7.47. The average Bonchev–Trinajstić information content (AvgIpc) is 3.25. The van der Waals surface area contributed by atoms with Gasteiger partial charge in [0.25, 0.3) is 0 Å². The van der Waals surface area contributed by atoms with Crippen LogP contribution in [0.15, 0.2) is 83.3 Å². The zero-order valence-corrected chi connectivity index (χ0v) is 19.2. The number of nitrogens with one attached hydrogen (secondary N) is 1. The van der Waals surface area contributed by atoms with Crippen molar-refractivity contribution in [1.29, 1.82) is 0 Å². The number of benzene rings is 3. The standard InChI is InChI=1S/C27H25NO4S/c1-2-31-24-17-19(15-21-13-14-28-26(21)29)16-22(18-33-23-11-7-4-8-12-23)25(24)32-27(30)20-9-5-3-6-10-20/h3-12,15-17H,2,13-14,18H2,1H3,(H,28,29)/b21-15+. The summed E-state index contributed by atoms with van der Waals surface area (Å²) in [5.41, 5.74) is 2.86. The fourth-order valence-electron chi connectivity index (χ4n) is 3.53. The molecule has 0 saturated carbocycles. The van der Waals surface area contributed by atoms with E-state index >= 15 is 0 Å². The Labute approximate surface area is 197 Å².